The van der Waals surface area contributed by atoms with E-state index in [9.17, 15) is 9.18 Å². The zero-order chi connectivity index (χ0) is 14.8. The van der Waals surface area contributed by atoms with Crippen LogP contribution in [0.15, 0.2) is 59.4 Å². The molecule has 0 aliphatic carbocycles. The van der Waals surface area contributed by atoms with Gasteiger partial charge in [0.25, 0.3) is 5.56 Å². The first-order valence-corrected chi connectivity index (χ1v) is 7.34. The average molecular weight is 392 g/mol. The van der Waals surface area contributed by atoms with Crippen molar-refractivity contribution in [2.24, 2.45) is 0 Å². The second-order valence-electron chi connectivity index (χ2n) is 4.45. The Morgan fingerprint density at radius 1 is 1.00 bits per heavy atom. The summed E-state index contributed by atoms with van der Waals surface area (Å²) in [6.07, 6.45) is 0. The van der Waals surface area contributed by atoms with Gasteiger partial charge in [0, 0.05) is 11.1 Å². The van der Waals surface area contributed by atoms with Gasteiger partial charge in [0.05, 0.1) is 5.69 Å². The highest BCUT2D eigenvalue weighted by Crippen LogP contribution is 2.23. The van der Waals surface area contributed by atoms with Crippen LogP contribution in [0.1, 0.15) is 0 Å². The van der Waals surface area contributed by atoms with Crippen LogP contribution in [0.3, 0.4) is 0 Å². The smallest absolute Gasteiger partial charge is 0.265 e. The summed E-state index contributed by atoms with van der Waals surface area (Å²) in [5.41, 5.74) is 1.76. The number of aromatic amines is 1. The van der Waals surface area contributed by atoms with Gasteiger partial charge >= 0.3 is 0 Å². The molecule has 1 aromatic heterocycles. The quantitative estimate of drug-likeness (QED) is 0.674. The van der Waals surface area contributed by atoms with Gasteiger partial charge in [-0.15, -0.1) is 0 Å². The minimum Gasteiger partial charge on any atom is -0.306 e. The molecule has 0 fully saturated rings. The van der Waals surface area contributed by atoms with Gasteiger partial charge in [0.15, 0.2) is 0 Å². The van der Waals surface area contributed by atoms with Crippen LogP contribution in [-0.2, 0) is 0 Å². The molecule has 0 radical (unpaired) electrons. The van der Waals surface area contributed by atoms with E-state index in [-0.39, 0.29) is 11.4 Å². The Kier molecular flexibility index (Phi) is 3.83. The maximum Gasteiger partial charge on any atom is 0.265 e. The molecule has 1 heterocycles. The minimum atomic E-state index is -0.366. The topological polar surface area (TPSA) is 45.8 Å². The van der Waals surface area contributed by atoms with Crippen LogP contribution in [0, 0.1) is 9.39 Å². The lowest BCUT2D eigenvalue weighted by Crippen LogP contribution is -2.14. The summed E-state index contributed by atoms with van der Waals surface area (Å²) in [7, 11) is 0. The largest absolute Gasteiger partial charge is 0.306 e. The van der Waals surface area contributed by atoms with E-state index in [1.807, 2.05) is 52.9 Å². The zero-order valence-corrected chi connectivity index (χ0v) is 13.0. The molecule has 0 amide bonds. The van der Waals surface area contributed by atoms with Crippen LogP contribution in [0.25, 0.3) is 22.6 Å². The summed E-state index contributed by atoms with van der Waals surface area (Å²) < 4.78 is 13.8. The normalized spacial score (nSPS) is 10.6. The molecule has 0 saturated heterocycles. The standard InChI is InChI=1S/C16H10FIN2O/c17-12-8-4-7-11(9-12)15-19-14(13(18)16(21)20-15)10-5-2-1-3-6-10/h1-9H,(H,19,20,21). The van der Waals surface area contributed by atoms with Crippen LogP contribution < -0.4 is 5.56 Å². The third-order valence-corrected chi connectivity index (χ3v) is 4.01. The number of hydrogen-bond donors (Lipinski definition) is 1. The van der Waals surface area contributed by atoms with E-state index < -0.39 is 0 Å². The van der Waals surface area contributed by atoms with Gasteiger partial charge in [-0.25, -0.2) is 9.37 Å². The van der Waals surface area contributed by atoms with Crippen molar-refractivity contribution in [3.8, 4) is 22.6 Å². The summed E-state index contributed by atoms with van der Waals surface area (Å²) in [5.74, 6) is -0.00581. The fourth-order valence-electron chi connectivity index (χ4n) is 2.02. The highest BCUT2D eigenvalue weighted by atomic mass is 127. The van der Waals surface area contributed by atoms with Crippen molar-refractivity contribution in [3.05, 3.63) is 74.3 Å². The first-order valence-electron chi connectivity index (χ1n) is 6.26. The first-order chi connectivity index (χ1) is 10.1. The average Bonchev–Trinajstić information content (AvgIpc) is 2.51. The highest BCUT2D eigenvalue weighted by Gasteiger charge is 2.12. The van der Waals surface area contributed by atoms with Crippen LogP contribution >= 0.6 is 22.6 Å². The number of nitrogens with one attached hydrogen (secondary N) is 1. The van der Waals surface area contributed by atoms with E-state index in [1.54, 1.807) is 12.1 Å². The van der Waals surface area contributed by atoms with Crippen molar-refractivity contribution >= 4 is 22.6 Å². The molecule has 0 bridgehead atoms. The predicted molar refractivity (Wildman–Crippen MR) is 88.4 cm³/mol. The Balaban J connectivity index is 2.21. The molecular weight excluding hydrogens is 382 g/mol. The second-order valence-corrected chi connectivity index (χ2v) is 5.53. The maximum absolute atomic E-state index is 13.3. The Morgan fingerprint density at radius 3 is 2.43 bits per heavy atom. The Hall–Kier alpha value is -2.02. The highest BCUT2D eigenvalue weighted by molar-refractivity contribution is 14.1. The van der Waals surface area contributed by atoms with Gasteiger partial charge < -0.3 is 4.98 Å². The van der Waals surface area contributed by atoms with Gasteiger partial charge in [-0.1, -0.05) is 42.5 Å². The third-order valence-electron chi connectivity index (χ3n) is 3.01. The van der Waals surface area contributed by atoms with Gasteiger partial charge in [0.2, 0.25) is 0 Å². The Morgan fingerprint density at radius 2 is 1.71 bits per heavy atom. The molecule has 0 aliphatic heterocycles. The Labute approximate surface area is 134 Å². The van der Waals surface area contributed by atoms with E-state index in [1.165, 1.54) is 12.1 Å². The van der Waals surface area contributed by atoms with Crippen molar-refractivity contribution in [2.45, 2.75) is 0 Å². The maximum atomic E-state index is 13.3. The van der Waals surface area contributed by atoms with E-state index in [2.05, 4.69) is 9.97 Å². The summed E-state index contributed by atoms with van der Waals surface area (Å²) in [6, 6.07) is 15.4. The molecule has 3 nitrogen and oxygen atoms in total. The van der Waals surface area contributed by atoms with Crippen LogP contribution in [0.2, 0.25) is 0 Å². The summed E-state index contributed by atoms with van der Waals surface area (Å²) >= 11 is 1.97. The molecule has 0 unspecified atom stereocenters. The summed E-state index contributed by atoms with van der Waals surface area (Å²) in [6.45, 7) is 0. The fraction of sp³-hybridized carbons (Fsp3) is 0. The lowest BCUT2D eigenvalue weighted by molar-refractivity contribution is 0.628. The van der Waals surface area contributed by atoms with Crippen molar-refractivity contribution in [1.82, 2.24) is 9.97 Å². The molecule has 1 N–H and O–H groups in total. The Bertz CT molecular complexity index is 846. The van der Waals surface area contributed by atoms with Crippen molar-refractivity contribution in [3.63, 3.8) is 0 Å². The molecule has 2 aromatic carbocycles. The van der Waals surface area contributed by atoms with E-state index in [0.717, 1.165) is 5.56 Å². The minimum absolute atomic E-state index is 0.233. The molecule has 0 atom stereocenters. The van der Waals surface area contributed by atoms with Crippen molar-refractivity contribution in [2.75, 3.05) is 0 Å². The number of benzene rings is 2. The molecule has 3 rings (SSSR count). The lowest BCUT2D eigenvalue weighted by Gasteiger charge is -2.07. The van der Waals surface area contributed by atoms with Gasteiger partial charge in [0.1, 0.15) is 15.2 Å². The third kappa shape index (κ3) is 2.87. The number of H-pyrrole nitrogens is 1. The molecule has 104 valence electrons. The van der Waals surface area contributed by atoms with E-state index in [0.29, 0.717) is 20.7 Å². The van der Waals surface area contributed by atoms with Gasteiger partial charge in [-0.2, -0.15) is 0 Å². The van der Waals surface area contributed by atoms with Crippen LogP contribution in [0.4, 0.5) is 4.39 Å². The fourth-order valence-corrected chi connectivity index (χ4v) is 2.59. The first kappa shape index (κ1) is 13.9. The number of halogens is 2. The monoisotopic (exact) mass is 392 g/mol. The molecular formula is C16H10FIN2O. The second kappa shape index (κ2) is 5.77. The summed E-state index contributed by atoms with van der Waals surface area (Å²) in [4.78, 5) is 19.3. The molecule has 0 saturated carbocycles. The lowest BCUT2D eigenvalue weighted by atomic mass is 10.1. The predicted octanol–water partition coefficient (Wildman–Crippen LogP) is 3.85. The SMILES string of the molecule is O=c1[nH]c(-c2cccc(F)c2)nc(-c2ccccc2)c1I. The summed E-state index contributed by atoms with van der Waals surface area (Å²) in [5, 5.41) is 0. The van der Waals surface area contributed by atoms with Gasteiger partial charge in [-0.3, -0.25) is 4.79 Å². The number of hydrogen-bond acceptors (Lipinski definition) is 2. The number of nitrogens with zero attached hydrogens (tertiary/aromatic N) is 1. The van der Waals surface area contributed by atoms with Crippen molar-refractivity contribution in [1.29, 1.82) is 0 Å². The molecule has 3 aromatic rings. The van der Waals surface area contributed by atoms with E-state index in [4.69, 9.17) is 0 Å². The number of aromatic nitrogens is 2. The molecule has 0 spiro atoms. The molecule has 5 heteroatoms. The van der Waals surface area contributed by atoms with Crippen LogP contribution in [-0.4, -0.2) is 9.97 Å². The van der Waals surface area contributed by atoms with E-state index >= 15 is 0 Å². The van der Waals surface area contributed by atoms with Crippen molar-refractivity contribution < 1.29 is 4.39 Å². The zero-order valence-electron chi connectivity index (χ0n) is 10.8. The molecule has 21 heavy (non-hydrogen) atoms. The molecule has 0 aliphatic rings. The van der Waals surface area contributed by atoms with Crippen LogP contribution in [0.5, 0.6) is 0 Å². The number of rotatable bonds is 2. The van der Waals surface area contributed by atoms with Gasteiger partial charge in [-0.05, 0) is 34.7 Å².